The maximum absolute atomic E-state index is 12.0. The van der Waals surface area contributed by atoms with E-state index in [0.717, 1.165) is 11.1 Å². The molecule has 0 unspecified atom stereocenters. The number of amides is 4. The fourth-order valence-corrected chi connectivity index (χ4v) is 4.27. The molecule has 244 valence electrons. The fraction of sp³-hybridized carbons (Fsp3) is 0.333. The molecule has 2 aromatic carbocycles. The number of nitrogens with zero attached hydrogens (tertiary/aromatic N) is 2. The second-order valence-electron chi connectivity index (χ2n) is 12.6. The molecule has 46 heavy (non-hydrogen) atoms. The molecule has 0 saturated carbocycles. The molecule has 0 aliphatic carbocycles. The Kier molecular flexibility index (Phi) is 12.5. The molecular formula is C36H44N4O6. The number of hydrogen-bond donors (Lipinski definition) is 2. The third kappa shape index (κ3) is 12.5. The third-order valence-electron chi connectivity index (χ3n) is 6.18. The van der Waals surface area contributed by atoms with Crippen molar-refractivity contribution in [2.75, 3.05) is 26.3 Å². The van der Waals surface area contributed by atoms with Crippen LogP contribution in [0.5, 0.6) is 0 Å². The molecule has 2 aromatic rings. The van der Waals surface area contributed by atoms with Crippen molar-refractivity contribution in [1.29, 1.82) is 0 Å². The topological polar surface area (TPSA) is 117 Å². The van der Waals surface area contributed by atoms with Crippen molar-refractivity contribution < 1.29 is 28.7 Å². The van der Waals surface area contributed by atoms with Crippen LogP contribution in [0.2, 0.25) is 0 Å². The number of cyclic esters (lactones) is 2. The van der Waals surface area contributed by atoms with E-state index >= 15 is 0 Å². The van der Waals surface area contributed by atoms with Crippen molar-refractivity contribution in [2.24, 2.45) is 0 Å². The molecule has 0 atom stereocenters. The number of allylic oxidation sites excluding steroid dienone is 2. The zero-order chi connectivity index (χ0) is 33.7. The highest BCUT2D eigenvalue weighted by atomic mass is 16.6. The van der Waals surface area contributed by atoms with Crippen LogP contribution in [0.3, 0.4) is 0 Å². The summed E-state index contributed by atoms with van der Waals surface area (Å²) in [7, 11) is 0. The molecular weight excluding hydrogens is 584 g/mol. The van der Waals surface area contributed by atoms with Crippen LogP contribution in [0.25, 0.3) is 12.2 Å². The van der Waals surface area contributed by atoms with E-state index in [4.69, 9.17) is 9.47 Å². The summed E-state index contributed by atoms with van der Waals surface area (Å²) in [5.41, 5.74) is 2.53. The lowest BCUT2D eigenvalue weighted by molar-refractivity contribution is -0.118. The first kappa shape index (κ1) is 35.4. The van der Waals surface area contributed by atoms with Gasteiger partial charge in [-0.25, -0.2) is 9.59 Å². The van der Waals surface area contributed by atoms with Crippen molar-refractivity contribution >= 4 is 36.2 Å². The zero-order valence-electron chi connectivity index (χ0n) is 27.4. The Morgan fingerprint density at radius 3 is 1.24 bits per heavy atom. The van der Waals surface area contributed by atoms with Gasteiger partial charge in [-0.15, -0.1) is 0 Å². The SMILES string of the molecule is CC(C)(C)NC(=O)/C=C/C(=C/c1ccccc1)N1CCOC1=O.CC(C)(C)NC(=O)/C=C/C(=C/c1ccccc1)N1CCOC1=O. The van der Waals surface area contributed by atoms with E-state index in [0.29, 0.717) is 37.7 Å². The lowest BCUT2D eigenvalue weighted by Crippen LogP contribution is -2.39. The van der Waals surface area contributed by atoms with E-state index in [9.17, 15) is 19.2 Å². The maximum Gasteiger partial charge on any atom is 0.414 e. The van der Waals surface area contributed by atoms with Crippen LogP contribution in [0.15, 0.2) is 96.4 Å². The monoisotopic (exact) mass is 628 g/mol. The Balaban J connectivity index is 0.000000250. The van der Waals surface area contributed by atoms with Gasteiger partial charge in [0.2, 0.25) is 11.8 Å². The van der Waals surface area contributed by atoms with E-state index in [1.807, 2.05) is 114 Å². The van der Waals surface area contributed by atoms with Crippen molar-refractivity contribution in [3.63, 3.8) is 0 Å². The van der Waals surface area contributed by atoms with Crippen LogP contribution in [-0.4, -0.2) is 71.2 Å². The summed E-state index contributed by atoms with van der Waals surface area (Å²) >= 11 is 0. The van der Waals surface area contributed by atoms with Gasteiger partial charge in [-0.1, -0.05) is 60.7 Å². The Labute approximate surface area is 271 Å². The van der Waals surface area contributed by atoms with Gasteiger partial charge in [0, 0.05) is 34.6 Å². The summed E-state index contributed by atoms with van der Waals surface area (Å²) in [6.07, 6.45) is 9.07. The molecule has 0 bridgehead atoms. The highest BCUT2D eigenvalue weighted by Gasteiger charge is 2.25. The second kappa shape index (κ2) is 16.3. The van der Waals surface area contributed by atoms with Crippen molar-refractivity contribution in [3.8, 4) is 0 Å². The summed E-state index contributed by atoms with van der Waals surface area (Å²) in [6, 6.07) is 19.3. The van der Waals surface area contributed by atoms with Crippen LogP contribution < -0.4 is 10.6 Å². The van der Waals surface area contributed by atoms with E-state index in [-0.39, 0.29) is 22.9 Å². The molecule has 10 heteroatoms. The molecule has 10 nitrogen and oxygen atoms in total. The molecule has 2 heterocycles. The molecule has 2 aliphatic rings. The van der Waals surface area contributed by atoms with Gasteiger partial charge in [0.05, 0.1) is 13.1 Å². The maximum atomic E-state index is 12.0. The molecule has 0 spiro atoms. The smallest absolute Gasteiger partial charge is 0.414 e. The second-order valence-corrected chi connectivity index (χ2v) is 12.6. The number of carbonyl (C=O) groups excluding carboxylic acids is 4. The highest BCUT2D eigenvalue weighted by molar-refractivity contribution is 5.90. The predicted octanol–water partition coefficient (Wildman–Crippen LogP) is 5.90. The number of benzene rings is 2. The van der Waals surface area contributed by atoms with Gasteiger partial charge in [-0.2, -0.15) is 0 Å². The minimum Gasteiger partial charge on any atom is -0.447 e. The first-order valence-corrected chi connectivity index (χ1v) is 15.1. The van der Waals surface area contributed by atoms with Gasteiger partial charge in [-0.05, 0) is 77.0 Å². The summed E-state index contributed by atoms with van der Waals surface area (Å²) in [4.78, 5) is 50.6. The summed E-state index contributed by atoms with van der Waals surface area (Å²) in [5.74, 6) is -0.409. The van der Waals surface area contributed by atoms with Crippen LogP contribution in [0, 0.1) is 0 Å². The van der Waals surface area contributed by atoms with Gasteiger partial charge < -0.3 is 20.1 Å². The van der Waals surface area contributed by atoms with Crippen molar-refractivity contribution in [1.82, 2.24) is 20.4 Å². The van der Waals surface area contributed by atoms with Gasteiger partial charge >= 0.3 is 12.2 Å². The standard InChI is InChI=1S/2C18H22N2O3/c2*1-18(2,3)19-16(21)10-9-15(20-11-12-23-17(20)22)13-14-7-5-4-6-8-14/h2*4-10,13H,11-12H2,1-3H3,(H,19,21)/b2*10-9+,15-13-. The Hall–Kier alpha value is -5.12. The van der Waals surface area contributed by atoms with Gasteiger partial charge in [0.15, 0.2) is 0 Å². The van der Waals surface area contributed by atoms with E-state index < -0.39 is 12.2 Å². The number of hydrogen-bond acceptors (Lipinski definition) is 6. The molecule has 0 aromatic heterocycles. The summed E-state index contributed by atoms with van der Waals surface area (Å²) in [5, 5.41) is 5.70. The first-order valence-electron chi connectivity index (χ1n) is 15.1. The van der Waals surface area contributed by atoms with Crippen LogP contribution in [0.1, 0.15) is 52.7 Å². The Morgan fingerprint density at radius 1 is 0.609 bits per heavy atom. The fourth-order valence-electron chi connectivity index (χ4n) is 4.27. The van der Waals surface area contributed by atoms with Gasteiger partial charge in [0.25, 0.3) is 0 Å². The third-order valence-corrected chi connectivity index (χ3v) is 6.18. The predicted molar refractivity (Wildman–Crippen MR) is 179 cm³/mol. The zero-order valence-corrected chi connectivity index (χ0v) is 27.4. The Morgan fingerprint density at radius 2 is 0.957 bits per heavy atom. The number of rotatable bonds is 8. The van der Waals surface area contributed by atoms with Crippen molar-refractivity contribution in [3.05, 3.63) is 107 Å². The molecule has 2 aliphatic heterocycles. The average Bonchev–Trinajstić information content (AvgIpc) is 3.60. The molecule has 4 rings (SSSR count). The van der Waals surface area contributed by atoms with Crippen molar-refractivity contribution in [2.45, 2.75) is 52.6 Å². The molecule has 0 radical (unpaired) electrons. The minimum absolute atomic E-state index is 0.205. The number of carbonyl (C=O) groups is 4. The van der Waals surface area contributed by atoms with Gasteiger partial charge in [-0.3, -0.25) is 19.4 Å². The molecule has 2 fully saturated rings. The van der Waals surface area contributed by atoms with E-state index in [1.54, 1.807) is 12.2 Å². The largest absolute Gasteiger partial charge is 0.447 e. The summed E-state index contributed by atoms with van der Waals surface area (Å²) in [6.45, 7) is 13.1. The average molecular weight is 629 g/mol. The normalized spacial score (nSPS) is 15.9. The van der Waals surface area contributed by atoms with Crippen LogP contribution in [0.4, 0.5) is 9.59 Å². The number of nitrogens with one attached hydrogen (secondary N) is 2. The molecule has 2 saturated heterocycles. The van der Waals surface area contributed by atoms with E-state index in [2.05, 4.69) is 10.6 Å². The highest BCUT2D eigenvalue weighted by Crippen LogP contribution is 2.19. The Bertz CT molecular complexity index is 1370. The molecule has 4 amide bonds. The lowest BCUT2D eigenvalue weighted by Gasteiger charge is -2.19. The van der Waals surface area contributed by atoms with Crippen LogP contribution >= 0.6 is 0 Å². The van der Waals surface area contributed by atoms with E-state index in [1.165, 1.54) is 22.0 Å². The number of ether oxygens (including phenoxy) is 2. The lowest BCUT2D eigenvalue weighted by atomic mass is 10.1. The molecule has 2 N–H and O–H groups in total. The quantitative estimate of drug-likeness (QED) is 0.278. The first-order chi connectivity index (χ1) is 21.7. The van der Waals surface area contributed by atoms with Gasteiger partial charge in [0.1, 0.15) is 13.2 Å². The minimum atomic E-state index is -0.395. The van der Waals surface area contributed by atoms with Crippen LogP contribution in [-0.2, 0) is 19.1 Å². The summed E-state index contributed by atoms with van der Waals surface area (Å²) < 4.78 is 9.97.